The third-order valence-electron chi connectivity index (χ3n) is 5.45. The highest BCUT2D eigenvalue weighted by Gasteiger charge is 2.35. The summed E-state index contributed by atoms with van der Waals surface area (Å²) in [4.78, 5) is 0. The molecule has 2 saturated carbocycles. The lowest BCUT2D eigenvalue weighted by molar-refractivity contribution is -0.0268. The summed E-state index contributed by atoms with van der Waals surface area (Å²) >= 11 is 0. The maximum Gasteiger partial charge on any atom is 0.123 e. The quantitative estimate of drug-likeness (QED) is 0.723. The highest BCUT2D eigenvalue weighted by molar-refractivity contribution is 5.30. The monoisotopic (exact) mass is 310 g/mol. The minimum absolute atomic E-state index is 0.0979. The van der Waals surface area contributed by atoms with Gasteiger partial charge in [0.2, 0.25) is 0 Å². The predicted octanol–water partition coefficient (Wildman–Crippen LogP) is 5.51. The van der Waals surface area contributed by atoms with E-state index in [-0.39, 0.29) is 11.9 Å². The van der Waals surface area contributed by atoms with Crippen molar-refractivity contribution in [2.24, 2.45) is 11.8 Å². The van der Waals surface area contributed by atoms with Crippen LogP contribution in [0.15, 0.2) is 54.6 Å². The number of hydrogen-bond acceptors (Lipinski definition) is 1. The third-order valence-corrected chi connectivity index (χ3v) is 5.45. The van der Waals surface area contributed by atoms with Crippen molar-refractivity contribution in [2.45, 2.75) is 44.3 Å². The molecule has 2 aromatic carbocycles. The van der Waals surface area contributed by atoms with Gasteiger partial charge in [-0.1, -0.05) is 55.3 Å². The Morgan fingerprint density at radius 2 is 1.39 bits per heavy atom. The zero-order valence-corrected chi connectivity index (χ0v) is 13.3. The Hall–Kier alpha value is -1.67. The Morgan fingerprint density at radius 3 is 2.04 bits per heavy atom. The summed E-state index contributed by atoms with van der Waals surface area (Å²) in [5.41, 5.74) is 2.19. The van der Waals surface area contributed by atoms with Crippen molar-refractivity contribution in [2.75, 3.05) is 0 Å². The van der Waals surface area contributed by atoms with Crippen LogP contribution in [0.5, 0.6) is 0 Å². The molecule has 0 heterocycles. The zero-order chi connectivity index (χ0) is 15.6. The number of fused-ring (bicyclic) bond motifs is 2. The van der Waals surface area contributed by atoms with Gasteiger partial charge >= 0.3 is 0 Å². The molecule has 0 amide bonds. The molecule has 2 heteroatoms. The van der Waals surface area contributed by atoms with E-state index in [2.05, 4.69) is 12.1 Å². The van der Waals surface area contributed by atoms with Crippen LogP contribution in [-0.4, -0.2) is 6.10 Å². The van der Waals surface area contributed by atoms with E-state index < -0.39 is 0 Å². The molecule has 0 aromatic heterocycles. The minimum Gasteiger partial charge on any atom is -0.366 e. The average Bonchev–Trinajstić information content (AvgIpc) is 2.93. The fourth-order valence-electron chi connectivity index (χ4n) is 4.37. The van der Waals surface area contributed by atoms with Crippen LogP contribution in [0.3, 0.4) is 0 Å². The van der Waals surface area contributed by atoms with Gasteiger partial charge in [0, 0.05) is 0 Å². The molecule has 0 N–H and O–H groups in total. The van der Waals surface area contributed by atoms with Crippen LogP contribution in [0.2, 0.25) is 0 Å². The van der Waals surface area contributed by atoms with E-state index in [1.165, 1.54) is 44.2 Å². The van der Waals surface area contributed by atoms with Gasteiger partial charge in [0.25, 0.3) is 0 Å². The fraction of sp³-hybridized carbons (Fsp3) is 0.429. The first kappa shape index (κ1) is 14.9. The minimum atomic E-state index is -0.198. The first-order chi connectivity index (χ1) is 11.3. The van der Waals surface area contributed by atoms with Gasteiger partial charge in [-0.15, -0.1) is 0 Å². The van der Waals surface area contributed by atoms with Crippen LogP contribution >= 0.6 is 0 Å². The molecule has 0 spiro atoms. The van der Waals surface area contributed by atoms with Crippen molar-refractivity contribution in [1.82, 2.24) is 0 Å². The summed E-state index contributed by atoms with van der Waals surface area (Å²) in [5.74, 6) is 1.50. The third kappa shape index (κ3) is 3.32. The molecule has 2 bridgehead atoms. The van der Waals surface area contributed by atoms with Crippen molar-refractivity contribution in [1.29, 1.82) is 0 Å². The Labute approximate surface area is 137 Å². The lowest BCUT2D eigenvalue weighted by Gasteiger charge is -2.31. The Balaban J connectivity index is 1.59. The first-order valence-electron chi connectivity index (χ1n) is 8.74. The molecule has 23 heavy (non-hydrogen) atoms. The van der Waals surface area contributed by atoms with Crippen molar-refractivity contribution >= 4 is 0 Å². The predicted molar refractivity (Wildman–Crippen MR) is 89.6 cm³/mol. The van der Waals surface area contributed by atoms with Crippen LogP contribution in [-0.2, 0) is 4.74 Å². The second-order valence-corrected chi connectivity index (χ2v) is 7.12. The summed E-state index contributed by atoms with van der Waals surface area (Å²) in [7, 11) is 0. The number of halogens is 1. The zero-order valence-electron chi connectivity index (χ0n) is 13.3. The maximum atomic E-state index is 13.3. The highest BCUT2D eigenvalue weighted by atomic mass is 19.1. The Morgan fingerprint density at radius 1 is 0.783 bits per heavy atom. The van der Waals surface area contributed by atoms with Gasteiger partial charge in [-0.25, -0.2) is 4.39 Å². The molecule has 2 aliphatic carbocycles. The Bertz CT molecular complexity index is 625. The van der Waals surface area contributed by atoms with E-state index >= 15 is 0 Å². The number of benzene rings is 2. The van der Waals surface area contributed by atoms with Crippen LogP contribution in [0.1, 0.15) is 49.3 Å². The van der Waals surface area contributed by atoms with E-state index in [4.69, 9.17) is 4.74 Å². The smallest absolute Gasteiger partial charge is 0.123 e. The summed E-state index contributed by atoms with van der Waals surface area (Å²) in [6.07, 6.45) is 6.73. The van der Waals surface area contributed by atoms with Crippen LogP contribution in [0, 0.1) is 17.7 Å². The van der Waals surface area contributed by atoms with Gasteiger partial charge in [-0.05, 0) is 54.4 Å². The van der Waals surface area contributed by atoms with Gasteiger partial charge in [0.05, 0.1) is 6.10 Å². The van der Waals surface area contributed by atoms with Gasteiger partial charge in [-0.3, -0.25) is 0 Å². The van der Waals surface area contributed by atoms with Crippen LogP contribution < -0.4 is 0 Å². The number of hydrogen-bond donors (Lipinski definition) is 0. The standard InChI is InChI=1S/C21H23FO/c22-19-10-8-18(9-11-19)21(17-4-2-1-3-5-17)23-20-13-15-6-7-16(12-15)14-20/h1-5,8-11,15-16,20-21H,6-7,12-14H2/t15-,16+,20?,21?. The number of ether oxygens (including phenoxy) is 1. The molecule has 0 aliphatic heterocycles. The summed E-state index contributed by atoms with van der Waals surface area (Å²) in [6.45, 7) is 0. The van der Waals surface area contributed by atoms with Gasteiger partial charge in [0.15, 0.2) is 0 Å². The first-order valence-corrected chi connectivity index (χ1v) is 8.74. The molecule has 2 aromatic rings. The normalized spacial score (nSPS) is 27.8. The molecule has 2 aliphatic rings. The van der Waals surface area contributed by atoms with E-state index in [9.17, 15) is 4.39 Å². The van der Waals surface area contributed by atoms with Gasteiger partial charge in [0.1, 0.15) is 11.9 Å². The number of rotatable bonds is 4. The second-order valence-electron chi connectivity index (χ2n) is 7.12. The van der Waals surface area contributed by atoms with E-state index in [1.807, 2.05) is 30.3 Å². The molecule has 2 fully saturated rings. The van der Waals surface area contributed by atoms with Gasteiger partial charge in [-0.2, -0.15) is 0 Å². The van der Waals surface area contributed by atoms with Crippen LogP contribution in [0.25, 0.3) is 0 Å². The van der Waals surface area contributed by atoms with E-state index in [1.54, 1.807) is 0 Å². The molecule has 2 unspecified atom stereocenters. The van der Waals surface area contributed by atoms with Crippen LogP contribution in [0.4, 0.5) is 4.39 Å². The summed E-state index contributed by atoms with van der Waals surface area (Å²) < 4.78 is 19.8. The average molecular weight is 310 g/mol. The van der Waals surface area contributed by atoms with Crippen molar-refractivity contribution < 1.29 is 9.13 Å². The Kier molecular flexibility index (Phi) is 4.17. The molecular formula is C21H23FO. The van der Waals surface area contributed by atoms with E-state index in [0.29, 0.717) is 6.10 Å². The second kappa shape index (κ2) is 6.45. The highest BCUT2D eigenvalue weighted by Crippen LogP contribution is 2.44. The van der Waals surface area contributed by atoms with Gasteiger partial charge < -0.3 is 4.74 Å². The van der Waals surface area contributed by atoms with Crippen molar-refractivity contribution in [3.05, 3.63) is 71.5 Å². The molecule has 0 saturated heterocycles. The largest absolute Gasteiger partial charge is 0.366 e. The fourth-order valence-corrected chi connectivity index (χ4v) is 4.37. The molecule has 4 atom stereocenters. The lowest BCUT2D eigenvalue weighted by Crippen LogP contribution is -2.25. The molecule has 120 valence electrons. The molecule has 0 radical (unpaired) electrons. The molecule has 4 rings (SSSR count). The topological polar surface area (TPSA) is 9.23 Å². The SMILES string of the molecule is Fc1ccc(C(OC2C[C@H]3CC[C@@H](C2)C3)c2ccccc2)cc1. The van der Waals surface area contributed by atoms with E-state index in [0.717, 1.165) is 23.0 Å². The van der Waals surface area contributed by atoms with Crippen molar-refractivity contribution in [3.63, 3.8) is 0 Å². The van der Waals surface area contributed by atoms with Crippen molar-refractivity contribution in [3.8, 4) is 0 Å². The molecule has 1 nitrogen and oxygen atoms in total. The summed E-state index contributed by atoms with van der Waals surface area (Å²) in [5, 5.41) is 0. The maximum absolute atomic E-state index is 13.3. The summed E-state index contributed by atoms with van der Waals surface area (Å²) in [6, 6.07) is 17.1. The lowest BCUT2D eigenvalue weighted by atomic mass is 9.86. The molecular weight excluding hydrogens is 287 g/mol.